The van der Waals surface area contributed by atoms with Crippen molar-refractivity contribution in [3.63, 3.8) is 0 Å². The molecule has 0 aliphatic carbocycles. The zero-order valence-corrected chi connectivity index (χ0v) is 11.5. The average Bonchev–Trinajstić information content (AvgIpc) is 2.39. The molecule has 0 bridgehead atoms. The molecule has 2 rings (SSSR count). The molecule has 0 fully saturated rings. The first-order chi connectivity index (χ1) is 9.40. The third kappa shape index (κ3) is 2.97. The first-order valence-corrected chi connectivity index (χ1v) is 7.30. The van der Waals surface area contributed by atoms with Crippen LogP contribution in [-0.2, 0) is 10.0 Å². The fraction of sp³-hybridized carbons (Fsp3) is 0.0714. The van der Waals surface area contributed by atoms with E-state index in [1.807, 2.05) is 0 Å². The quantitative estimate of drug-likeness (QED) is 0.906. The molecule has 0 spiro atoms. The average molecular weight is 291 g/mol. The molecule has 0 heterocycles. The van der Waals surface area contributed by atoms with Crippen molar-refractivity contribution in [2.75, 3.05) is 4.72 Å². The number of carboxylic acid groups (broad SMARTS) is 1. The summed E-state index contributed by atoms with van der Waals surface area (Å²) >= 11 is 0. The van der Waals surface area contributed by atoms with E-state index in [4.69, 9.17) is 5.11 Å². The normalized spacial score (nSPS) is 11.1. The minimum Gasteiger partial charge on any atom is -0.478 e. The van der Waals surface area contributed by atoms with Gasteiger partial charge in [0.1, 0.15) is 0 Å². The molecule has 5 nitrogen and oxygen atoms in total. The first-order valence-electron chi connectivity index (χ1n) is 5.82. The molecule has 20 heavy (non-hydrogen) atoms. The second-order valence-corrected chi connectivity index (χ2v) is 5.94. The molecule has 0 aliphatic heterocycles. The third-order valence-corrected chi connectivity index (χ3v) is 4.15. The highest BCUT2D eigenvalue weighted by Gasteiger charge is 2.17. The number of hydrogen-bond acceptors (Lipinski definition) is 3. The summed E-state index contributed by atoms with van der Waals surface area (Å²) in [6.45, 7) is 1.62. The molecule has 6 heteroatoms. The van der Waals surface area contributed by atoms with Crippen LogP contribution in [0.15, 0.2) is 53.4 Å². The Labute approximate surface area is 116 Å². The molecular formula is C14H13NO4S. The summed E-state index contributed by atoms with van der Waals surface area (Å²) in [6, 6.07) is 12.4. The predicted octanol–water partition coefficient (Wildman–Crippen LogP) is 2.49. The summed E-state index contributed by atoms with van der Waals surface area (Å²) in [6.07, 6.45) is 0. The van der Waals surface area contributed by atoms with Crippen LogP contribution in [0.5, 0.6) is 0 Å². The largest absolute Gasteiger partial charge is 0.478 e. The maximum absolute atomic E-state index is 12.2. The van der Waals surface area contributed by atoms with Gasteiger partial charge in [-0.2, -0.15) is 0 Å². The Balaban J connectivity index is 2.40. The van der Waals surface area contributed by atoms with E-state index in [1.165, 1.54) is 12.1 Å². The summed E-state index contributed by atoms with van der Waals surface area (Å²) < 4.78 is 26.8. The van der Waals surface area contributed by atoms with Crippen molar-refractivity contribution in [3.8, 4) is 0 Å². The molecule has 2 N–H and O–H groups in total. The van der Waals surface area contributed by atoms with Crippen molar-refractivity contribution in [2.24, 2.45) is 0 Å². The summed E-state index contributed by atoms with van der Waals surface area (Å²) in [4.78, 5) is 11.0. The first kappa shape index (κ1) is 14.1. The van der Waals surface area contributed by atoms with Gasteiger partial charge < -0.3 is 5.11 Å². The molecule has 0 amide bonds. The maximum atomic E-state index is 12.2. The van der Waals surface area contributed by atoms with E-state index in [9.17, 15) is 13.2 Å². The van der Waals surface area contributed by atoms with Crippen LogP contribution in [0.4, 0.5) is 5.69 Å². The second-order valence-electron chi connectivity index (χ2n) is 4.25. The van der Waals surface area contributed by atoms with Crippen LogP contribution >= 0.6 is 0 Å². The lowest BCUT2D eigenvalue weighted by Gasteiger charge is -2.09. The van der Waals surface area contributed by atoms with E-state index in [-0.39, 0.29) is 10.5 Å². The van der Waals surface area contributed by atoms with Gasteiger partial charge in [0, 0.05) is 5.69 Å². The number of rotatable bonds is 4. The lowest BCUT2D eigenvalue weighted by molar-refractivity contribution is 0.0696. The van der Waals surface area contributed by atoms with E-state index in [0.29, 0.717) is 11.3 Å². The Morgan fingerprint density at radius 2 is 1.75 bits per heavy atom. The Morgan fingerprint density at radius 3 is 2.35 bits per heavy atom. The van der Waals surface area contributed by atoms with E-state index < -0.39 is 16.0 Å². The number of carbonyl (C=O) groups is 1. The summed E-state index contributed by atoms with van der Waals surface area (Å²) in [7, 11) is -3.80. The van der Waals surface area contributed by atoms with E-state index in [0.717, 1.165) is 6.07 Å². The van der Waals surface area contributed by atoms with Gasteiger partial charge in [-0.25, -0.2) is 13.2 Å². The zero-order valence-electron chi connectivity index (χ0n) is 10.7. The molecule has 0 saturated carbocycles. The lowest BCUT2D eigenvalue weighted by atomic mass is 10.1. The number of carboxylic acids is 1. The van der Waals surface area contributed by atoms with Gasteiger partial charge in [-0.3, -0.25) is 4.72 Å². The summed E-state index contributed by atoms with van der Waals surface area (Å²) in [5.41, 5.74) is 0.905. The van der Waals surface area contributed by atoms with Crippen molar-refractivity contribution >= 4 is 21.7 Å². The van der Waals surface area contributed by atoms with Crippen molar-refractivity contribution in [2.45, 2.75) is 11.8 Å². The topological polar surface area (TPSA) is 83.5 Å². The third-order valence-electron chi connectivity index (χ3n) is 2.78. The molecule has 0 atom stereocenters. The summed E-state index contributed by atoms with van der Waals surface area (Å²) in [5.74, 6) is -1.15. The van der Waals surface area contributed by atoms with Gasteiger partial charge in [-0.15, -0.1) is 0 Å². The van der Waals surface area contributed by atoms with Crippen molar-refractivity contribution in [3.05, 3.63) is 59.7 Å². The number of hydrogen-bond donors (Lipinski definition) is 2. The number of benzene rings is 2. The number of anilines is 1. The van der Waals surface area contributed by atoms with Crippen LogP contribution in [0.2, 0.25) is 0 Å². The maximum Gasteiger partial charge on any atom is 0.335 e. The monoisotopic (exact) mass is 291 g/mol. The van der Waals surface area contributed by atoms with Crippen LogP contribution < -0.4 is 4.72 Å². The van der Waals surface area contributed by atoms with Gasteiger partial charge in [0.05, 0.1) is 10.5 Å². The Kier molecular flexibility index (Phi) is 3.76. The Hall–Kier alpha value is -2.34. The molecule has 0 aromatic heterocycles. The van der Waals surface area contributed by atoms with Gasteiger partial charge in [-0.05, 0) is 36.8 Å². The van der Waals surface area contributed by atoms with E-state index >= 15 is 0 Å². The second kappa shape index (κ2) is 5.34. The predicted molar refractivity (Wildman–Crippen MR) is 75.4 cm³/mol. The fourth-order valence-corrected chi connectivity index (χ4v) is 2.80. The van der Waals surface area contributed by atoms with Crippen molar-refractivity contribution in [1.29, 1.82) is 0 Å². The molecule has 0 unspecified atom stereocenters. The number of para-hydroxylation sites is 1. The molecular weight excluding hydrogens is 278 g/mol. The zero-order chi connectivity index (χ0) is 14.8. The van der Waals surface area contributed by atoms with Crippen LogP contribution in [0.25, 0.3) is 0 Å². The number of sulfonamides is 1. The highest BCUT2D eigenvalue weighted by Crippen LogP contribution is 2.19. The molecule has 0 aliphatic rings. The number of aryl methyl sites for hydroxylation is 1. The Morgan fingerprint density at radius 1 is 1.10 bits per heavy atom. The molecule has 2 aromatic carbocycles. The smallest absolute Gasteiger partial charge is 0.335 e. The number of aromatic carboxylic acids is 1. The number of nitrogens with one attached hydrogen (secondary N) is 1. The fourth-order valence-electron chi connectivity index (χ4n) is 1.72. The van der Waals surface area contributed by atoms with Gasteiger partial charge in [-0.1, -0.05) is 24.3 Å². The van der Waals surface area contributed by atoms with Crippen LogP contribution in [0, 0.1) is 6.92 Å². The molecule has 0 radical (unpaired) electrons. The minimum atomic E-state index is -3.80. The summed E-state index contributed by atoms with van der Waals surface area (Å²) in [5, 5.41) is 9.03. The SMILES string of the molecule is Cc1ccc(S(=O)(=O)Nc2ccccc2)cc1C(=O)O. The minimum absolute atomic E-state index is 0.0269. The van der Waals surface area contributed by atoms with Crippen molar-refractivity contribution in [1.82, 2.24) is 0 Å². The van der Waals surface area contributed by atoms with Gasteiger partial charge in [0.15, 0.2) is 0 Å². The van der Waals surface area contributed by atoms with Crippen molar-refractivity contribution < 1.29 is 18.3 Å². The van der Waals surface area contributed by atoms with Gasteiger partial charge in [0.2, 0.25) is 0 Å². The highest BCUT2D eigenvalue weighted by molar-refractivity contribution is 7.92. The van der Waals surface area contributed by atoms with Crippen LogP contribution in [0.1, 0.15) is 15.9 Å². The van der Waals surface area contributed by atoms with Gasteiger partial charge in [0.25, 0.3) is 10.0 Å². The highest BCUT2D eigenvalue weighted by atomic mass is 32.2. The van der Waals surface area contributed by atoms with Crippen LogP contribution in [0.3, 0.4) is 0 Å². The Bertz CT molecular complexity index is 739. The molecule has 2 aromatic rings. The van der Waals surface area contributed by atoms with E-state index in [2.05, 4.69) is 4.72 Å². The van der Waals surface area contributed by atoms with Crippen LogP contribution in [-0.4, -0.2) is 19.5 Å². The molecule has 104 valence electrons. The van der Waals surface area contributed by atoms with E-state index in [1.54, 1.807) is 37.3 Å². The standard InChI is InChI=1S/C14H13NO4S/c1-10-7-8-12(9-13(10)14(16)17)20(18,19)15-11-5-3-2-4-6-11/h2-9,15H,1H3,(H,16,17). The lowest BCUT2D eigenvalue weighted by Crippen LogP contribution is -2.14. The molecule has 0 saturated heterocycles. The van der Waals surface area contributed by atoms with Gasteiger partial charge >= 0.3 is 5.97 Å².